The van der Waals surface area contributed by atoms with Crippen LogP contribution < -0.4 is 0 Å². The highest BCUT2D eigenvalue weighted by molar-refractivity contribution is 5.93. The third-order valence-corrected chi connectivity index (χ3v) is 4.12. The van der Waals surface area contributed by atoms with Gasteiger partial charge in [-0.2, -0.15) is 0 Å². The molecule has 0 spiro atoms. The van der Waals surface area contributed by atoms with Crippen LogP contribution in [0.5, 0.6) is 0 Å². The Bertz CT molecular complexity index is 784. The van der Waals surface area contributed by atoms with E-state index >= 15 is 0 Å². The van der Waals surface area contributed by atoms with Gasteiger partial charge in [-0.25, -0.2) is 4.98 Å². The molecule has 1 atom stereocenters. The van der Waals surface area contributed by atoms with Crippen LogP contribution in [0.3, 0.4) is 0 Å². The normalized spacial score (nSPS) is 18.1. The largest absolute Gasteiger partial charge is 0.334 e. The first-order valence-electron chi connectivity index (χ1n) is 6.93. The number of benzene rings is 1. The van der Waals surface area contributed by atoms with Crippen molar-refractivity contribution in [3.05, 3.63) is 54.7 Å². The van der Waals surface area contributed by atoms with Gasteiger partial charge in [0, 0.05) is 36.9 Å². The zero-order valence-corrected chi connectivity index (χ0v) is 11.1. The summed E-state index contributed by atoms with van der Waals surface area (Å²) in [6.45, 7) is 0.737. The van der Waals surface area contributed by atoms with Crippen LogP contribution in [-0.2, 0) is 13.0 Å². The SMILES string of the molecule is O=C(C1CCc2nccn2C1)n1ccc2ccccc21. The van der Waals surface area contributed by atoms with Crippen LogP contribution in [0.25, 0.3) is 10.9 Å². The summed E-state index contributed by atoms with van der Waals surface area (Å²) in [4.78, 5) is 17.0. The maximum atomic E-state index is 12.7. The molecule has 3 aromatic rings. The standard InChI is InChI=1S/C16H15N3O/c20-16(13-5-6-15-17-8-10-18(15)11-13)19-9-7-12-3-1-2-4-14(12)19/h1-4,7-10,13H,5-6,11H2. The molecular weight excluding hydrogens is 250 g/mol. The fraction of sp³-hybridized carbons (Fsp3) is 0.250. The molecule has 4 nitrogen and oxygen atoms in total. The molecule has 1 aliphatic heterocycles. The molecule has 0 amide bonds. The van der Waals surface area contributed by atoms with Gasteiger partial charge in [0.05, 0.1) is 11.4 Å². The van der Waals surface area contributed by atoms with Crippen molar-refractivity contribution in [2.75, 3.05) is 0 Å². The predicted molar refractivity (Wildman–Crippen MR) is 76.6 cm³/mol. The van der Waals surface area contributed by atoms with Gasteiger partial charge >= 0.3 is 0 Å². The monoisotopic (exact) mass is 265 g/mol. The average Bonchev–Trinajstić information content (AvgIpc) is 3.12. The molecule has 100 valence electrons. The van der Waals surface area contributed by atoms with E-state index in [-0.39, 0.29) is 11.8 Å². The van der Waals surface area contributed by atoms with E-state index in [0.717, 1.165) is 36.1 Å². The van der Waals surface area contributed by atoms with Crippen molar-refractivity contribution >= 4 is 16.8 Å². The molecule has 1 aromatic carbocycles. The minimum atomic E-state index is 0.0347. The van der Waals surface area contributed by atoms with Gasteiger partial charge in [-0.05, 0) is 18.6 Å². The van der Waals surface area contributed by atoms with Crippen molar-refractivity contribution < 1.29 is 4.79 Å². The van der Waals surface area contributed by atoms with E-state index in [1.54, 1.807) is 4.57 Å². The van der Waals surface area contributed by atoms with Crippen LogP contribution in [0.4, 0.5) is 0 Å². The highest BCUT2D eigenvalue weighted by Gasteiger charge is 2.26. The highest BCUT2D eigenvalue weighted by Crippen LogP contribution is 2.23. The Hall–Kier alpha value is -2.36. The summed E-state index contributed by atoms with van der Waals surface area (Å²) >= 11 is 0. The number of aryl methyl sites for hydroxylation is 1. The van der Waals surface area contributed by atoms with E-state index in [1.165, 1.54) is 0 Å². The summed E-state index contributed by atoms with van der Waals surface area (Å²) in [6, 6.07) is 10.0. The molecule has 3 heterocycles. The fourth-order valence-corrected chi connectivity index (χ4v) is 3.04. The summed E-state index contributed by atoms with van der Waals surface area (Å²) in [6.07, 6.45) is 7.41. The maximum absolute atomic E-state index is 12.7. The van der Waals surface area contributed by atoms with Crippen molar-refractivity contribution in [1.29, 1.82) is 0 Å². The number of imidazole rings is 1. The van der Waals surface area contributed by atoms with Crippen molar-refractivity contribution in [3.63, 3.8) is 0 Å². The van der Waals surface area contributed by atoms with Gasteiger partial charge in [-0.3, -0.25) is 9.36 Å². The first-order chi connectivity index (χ1) is 9.83. The molecule has 4 heteroatoms. The lowest BCUT2D eigenvalue weighted by atomic mass is 9.98. The number of carbonyl (C=O) groups excluding carboxylic acids is 1. The molecule has 1 unspecified atom stereocenters. The zero-order chi connectivity index (χ0) is 13.5. The summed E-state index contributed by atoms with van der Waals surface area (Å²) in [7, 11) is 0. The van der Waals surface area contributed by atoms with E-state index in [0.29, 0.717) is 0 Å². The zero-order valence-electron chi connectivity index (χ0n) is 11.1. The number of hydrogen-bond acceptors (Lipinski definition) is 2. The Morgan fingerprint density at radius 3 is 3.05 bits per heavy atom. The van der Waals surface area contributed by atoms with Crippen LogP contribution in [0.2, 0.25) is 0 Å². The van der Waals surface area contributed by atoms with Gasteiger partial charge in [0.1, 0.15) is 5.82 Å². The van der Waals surface area contributed by atoms with Gasteiger partial charge in [0.2, 0.25) is 5.91 Å². The molecule has 20 heavy (non-hydrogen) atoms. The number of para-hydroxylation sites is 1. The summed E-state index contributed by atoms with van der Waals surface area (Å²) in [5.41, 5.74) is 0.994. The quantitative estimate of drug-likeness (QED) is 0.678. The van der Waals surface area contributed by atoms with Crippen LogP contribution in [0.1, 0.15) is 17.0 Å². The third-order valence-electron chi connectivity index (χ3n) is 4.12. The van der Waals surface area contributed by atoms with Crippen molar-refractivity contribution in [3.8, 4) is 0 Å². The topological polar surface area (TPSA) is 39.8 Å². The summed E-state index contributed by atoms with van der Waals surface area (Å²) in [5.74, 6) is 1.31. The summed E-state index contributed by atoms with van der Waals surface area (Å²) < 4.78 is 3.89. The Morgan fingerprint density at radius 1 is 1.20 bits per heavy atom. The second kappa shape index (κ2) is 4.34. The highest BCUT2D eigenvalue weighted by atomic mass is 16.2. The Balaban J connectivity index is 1.68. The molecular formula is C16H15N3O. The number of fused-ring (bicyclic) bond motifs is 2. The van der Waals surface area contributed by atoms with Gasteiger partial charge in [-0.15, -0.1) is 0 Å². The smallest absolute Gasteiger partial charge is 0.235 e. The average molecular weight is 265 g/mol. The van der Waals surface area contributed by atoms with Gasteiger partial charge in [-0.1, -0.05) is 18.2 Å². The molecule has 4 rings (SSSR count). The Labute approximate surface area is 116 Å². The van der Waals surface area contributed by atoms with E-state index in [1.807, 2.05) is 48.9 Å². The third kappa shape index (κ3) is 1.68. The van der Waals surface area contributed by atoms with E-state index in [2.05, 4.69) is 9.55 Å². The van der Waals surface area contributed by atoms with Crippen LogP contribution >= 0.6 is 0 Å². The molecule has 0 radical (unpaired) electrons. The minimum absolute atomic E-state index is 0.0347. The lowest BCUT2D eigenvalue weighted by Crippen LogP contribution is -2.30. The first kappa shape index (κ1) is 11.5. The molecule has 0 N–H and O–H groups in total. The lowest BCUT2D eigenvalue weighted by Gasteiger charge is -2.23. The van der Waals surface area contributed by atoms with E-state index in [9.17, 15) is 4.79 Å². The van der Waals surface area contributed by atoms with Crippen LogP contribution in [0, 0.1) is 5.92 Å². The second-order valence-corrected chi connectivity index (χ2v) is 5.31. The second-order valence-electron chi connectivity index (χ2n) is 5.31. The lowest BCUT2D eigenvalue weighted by molar-refractivity contribution is 0.0807. The number of hydrogen-bond donors (Lipinski definition) is 0. The molecule has 0 aliphatic carbocycles. The Morgan fingerprint density at radius 2 is 2.10 bits per heavy atom. The van der Waals surface area contributed by atoms with Crippen LogP contribution in [-0.4, -0.2) is 20.0 Å². The Kier molecular flexibility index (Phi) is 2.49. The van der Waals surface area contributed by atoms with Gasteiger partial charge in [0.25, 0.3) is 0 Å². The number of rotatable bonds is 1. The molecule has 2 aromatic heterocycles. The molecule has 0 saturated carbocycles. The van der Waals surface area contributed by atoms with Gasteiger partial charge in [0.15, 0.2) is 0 Å². The van der Waals surface area contributed by atoms with E-state index < -0.39 is 0 Å². The van der Waals surface area contributed by atoms with Crippen molar-refractivity contribution in [1.82, 2.24) is 14.1 Å². The molecule has 0 fully saturated rings. The maximum Gasteiger partial charge on any atom is 0.235 e. The van der Waals surface area contributed by atoms with Gasteiger partial charge < -0.3 is 4.57 Å². The molecule has 0 saturated heterocycles. The van der Waals surface area contributed by atoms with Crippen LogP contribution in [0.15, 0.2) is 48.9 Å². The van der Waals surface area contributed by atoms with E-state index in [4.69, 9.17) is 0 Å². The molecule has 0 bridgehead atoms. The predicted octanol–water partition coefficient (Wildman–Crippen LogP) is 2.74. The summed E-state index contributed by atoms with van der Waals surface area (Å²) in [5, 5.41) is 1.11. The van der Waals surface area contributed by atoms with Crippen molar-refractivity contribution in [2.45, 2.75) is 19.4 Å². The number of carbonyl (C=O) groups is 1. The minimum Gasteiger partial charge on any atom is -0.334 e. The number of nitrogens with zero attached hydrogens (tertiary/aromatic N) is 3. The van der Waals surface area contributed by atoms with Crippen molar-refractivity contribution in [2.24, 2.45) is 5.92 Å². The number of aromatic nitrogens is 3. The fourth-order valence-electron chi connectivity index (χ4n) is 3.04. The molecule has 1 aliphatic rings. The first-order valence-corrected chi connectivity index (χ1v) is 6.93.